The van der Waals surface area contributed by atoms with Gasteiger partial charge in [0.1, 0.15) is 17.6 Å². The van der Waals surface area contributed by atoms with Gasteiger partial charge in [0.05, 0.1) is 10.0 Å². The molecule has 1 amide bonds. The Balaban J connectivity index is 1.52. The summed E-state index contributed by atoms with van der Waals surface area (Å²) in [7, 11) is 0. The number of fused-ring (bicyclic) bond motifs is 1. The number of nitrogens with zero attached hydrogens (tertiary/aromatic N) is 1. The number of aromatic nitrogens is 1. The van der Waals surface area contributed by atoms with Crippen molar-refractivity contribution in [3.8, 4) is 22.8 Å². The molecule has 0 radical (unpaired) electrons. The molecule has 0 unspecified atom stereocenters. The van der Waals surface area contributed by atoms with Crippen LogP contribution in [0.15, 0.2) is 29.6 Å². The van der Waals surface area contributed by atoms with Crippen LogP contribution in [0.1, 0.15) is 10.4 Å². The molecule has 0 aliphatic carbocycles. The van der Waals surface area contributed by atoms with E-state index in [1.54, 1.807) is 24.3 Å². The summed E-state index contributed by atoms with van der Waals surface area (Å²) >= 11 is 14.7. The van der Waals surface area contributed by atoms with Crippen LogP contribution in [0.4, 0.5) is 5.13 Å². The number of rotatable bonds is 3. The van der Waals surface area contributed by atoms with Gasteiger partial charge in [-0.1, -0.05) is 23.2 Å². The van der Waals surface area contributed by atoms with E-state index in [-0.39, 0.29) is 5.91 Å². The molecule has 0 saturated heterocycles. The predicted molar refractivity (Wildman–Crippen MR) is 101 cm³/mol. The van der Waals surface area contributed by atoms with Crippen LogP contribution in [0.25, 0.3) is 11.3 Å². The molecule has 1 aromatic carbocycles. The molecule has 4 rings (SSSR count). The molecular formula is C16H10Cl2N2O3S2. The molecule has 0 bridgehead atoms. The van der Waals surface area contributed by atoms with E-state index in [1.807, 2.05) is 5.38 Å². The molecule has 0 spiro atoms. The first-order chi connectivity index (χ1) is 12.1. The largest absolute Gasteiger partial charge is 0.486 e. The maximum atomic E-state index is 12.4. The minimum absolute atomic E-state index is 0.271. The van der Waals surface area contributed by atoms with Gasteiger partial charge in [-0.25, -0.2) is 4.98 Å². The third-order valence-corrected chi connectivity index (χ3v) is 5.71. The van der Waals surface area contributed by atoms with E-state index in [1.165, 1.54) is 22.7 Å². The zero-order chi connectivity index (χ0) is 17.4. The predicted octanol–water partition coefficient (Wildman–Crippen LogP) is 5.20. The lowest BCUT2D eigenvalue weighted by Gasteiger charge is -2.18. The minimum Gasteiger partial charge on any atom is -0.486 e. The summed E-state index contributed by atoms with van der Waals surface area (Å²) in [6, 6.07) is 6.83. The van der Waals surface area contributed by atoms with Crippen molar-refractivity contribution in [3.63, 3.8) is 0 Å². The SMILES string of the molecule is O=C(Nc1nc(-c2cc(Cl)sc2Cl)cs1)c1ccc2c(c1)OCCO2. The van der Waals surface area contributed by atoms with Crippen LogP contribution in [0.5, 0.6) is 11.5 Å². The number of hydrogen-bond acceptors (Lipinski definition) is 6. The van der Waals surface area contributed by atoms with E-state index in [2.05, 4.69) is 10.3 Å². The Kier molecular flexibility index (Phi) is 4.56. The molecule has 1 aliphatic rings. The normalized spacial score (nSPS) is 12.9. The number of carbonyl (C=O) groups excluding carboxylic acids is 1. The number of thiophene rings is 1. The van der Waals surface area contributed by atoms with E-state index in [9.17, 15) is 4.79 Å². The Morgan fingerprint density at radius 3 is 2.72 bits per heavy atom. The van der Waals surface area contributed by atoms with Gasteiger partial charge in [-0.15, -0.1) is 22.7 Å². The van der Waals surface area contributed by atoms with Gasteiger partial charge in [-0.05, 0) is 24.3 Å². The number of hydrogen-bond donors (Lipinski definition) is 1. The third-order valence-electron chi connectivity index (χ3n) is 3.46. The summed E-state index contributed by atoms with van der Waals surface area (Å²) in [6.07, 6.45) is 0. The lowest BCUT2D eigenvalue weighted by Crippen LogP contribution is -2.17. The van der Waals surface area contributed by atoms with Gasteiger partial charge >= 0.3 is 0 Å². The molecule has 2 aromatic heterocycles. The molecule has 128 valence electrons. The summed E-state index contributed by atoms with van der Waals surface area (Å²) in [4.78, 5) is 16.8. The van der Waals surface area contributed by atoms with Crippen molar-refractivity contribution in [2.24, 2.45) is 0 Å². The number of amides is 1. The molecule has 25 heavy (non-hydrogen) atoms. The van der Waals surface area contributed by atoms with Crippen molar-refractivity contribution >= 4 is 56.9 Å². The number of anilines is 1. The van der Waals surface area contributed by atoms with Crippen molar-refractivity contribution in [1.29, 1.82) is 0 Å². The molecule has 5 nitrogen and oxygen atoms in total. The van der Waals surface area contributed by atoms with Crippen molar-refractivity contribution in [2.75, 3.05) is 18.5 Å². The van der Waals surface area contributed by atoms with Gasteiger partial charge in [-0.3, -0.25) is 10.1 Å². The standard InChI is InChI=1S/C16H10Cl2N2O3S2/c17-13-6-9(14(18)25-13)10-7-24-16(19-10)20-15(21)8-1-2-11-12(5-8)23-4-3-22-11/h1-2,5-7H,3-4H2,(H,19,20,21). The van der Waals surface area contributed by atoms with Crippen molar-refractivity contribution in [2.45, 2.75) is 0 Å². The zero-order valence-corrected chi connectivity index (χ0v) is 15.7. The van der Waals surface area contributed by atoms with Crippen molar-refractivity contribution < 1.29 is 14.3 Å². The van der Waals surface area contributed by atoms with Crippen LogP contribution in [0.2, 0.25) is 8.67 Å². The molecule has 9 heteroatoms. The summed E-state index contributed by atoms with van der Waals surface area (Å²) in [5.74, 6) is 0.939. The fourth-order valence-corrected chi connectivity index (χ4v) is 4.51. The van der Waals surface area contributed by atoms with Gasteiger partial charge in [-0.2, -0.15) is 0 Å². The van der Waals surface area contributed by atoms with Gasteiger partial charge in [0.2, 0.25) is 0 Å². The fourth-order valence-electron chi connectivity index (χ4n) is 2.32. The second-order valence-corrected chi connectivity index (χ2v) is 8.23. The molecule has 0 saturated carbocycles. The average Bonchev–Trinajstić information content (AvgIpc) is 3.20. The Morgan fingerprint density at radius 2 is 1.96 bits per heavy atom. The quantitative estimate of drug-likeness (QED) is 0.641. The molecular weight excluding hydrogens is 403 g/mol. The highest BCUT2D eigenvalue weighted by Crippen LogP contribution is 2.39. The Hall–Kier alpha value is -1.80. The average molecular weight is 413 g/mol. The second-order valence-electron chi connectivity index (χ2n) is 5.09. The Bertz CT molecular complexity index is 955. The first-order valence-corrected chi connectivity index (χ1v) is 9.67. The summed E-state index contributed by atoms with van der Waals surface area (Å²) < 4.78 is 12.1. The molecule has 1 aliphatic heterocycles. The highest BCUT2D eigenvalue weighted by molar-refractivity contribution is 7.20. The fraction of sp³-hybridized carbons (Fsp3) is 0.125. The smallest absolute Gasteiger partial charge is 0.257 e. The number of ether oxygens (including phenoxy) is 2. The Morgan fingerprint density at radius 1 is 1.16 bits per heavy atom. The highest BCUT2D eigenvalue weighted by atomic mass is 35.5. The maximum Gasteiger partial charge on any atom is 0.257 e. The lowest BCUT2D eigenvalue weighted by atomic mass is 10.2. The lowest BCUT2D eigenvalue weighted by molar-refractivity contribution is 0.102. The zero-order valence-electron chi connectivity index (χ0n) is 12.5. The number of carbonyl (C=O) groups is 1. The first-order valence-electron chi connectivity index (χ1n) is 7.22. The minimum atomic E-state index is -0.271. The number of benzene rings is 1. The topological polar surface area (TPSA) is 60.5 Å². The second kappa shape index (κ2) is 6.84. The van der Waals surface area contributed by atoms with Crippen LogP contribution in [0, 0.1) is 0 Å². The molecule has 0 atom stereocenters. The van der Waals surface area contributed by atoms with E-state index in [0.29, 0.717) is 49.8 Å². The number of thiazole rings is 1. The van der Waals surface area contributed by atoms with E-state index in [4.69, 9.17) is 32.7 Å². The Labute approximate surface area is 161 Å². The summed E-state index contributed by atoms with van der Waals surface area (Å²) in [6.45, 7) is 0.980. The van der Waals surface area contributed by atoms with E-state index in [0.717, 1.165) is 5.56 Å². The highest BCUT2D eigenvalue weighted by Gasteiger charge is 2.17. The van der Waals surface area contributed by atoms with Crippen LogP contribution < -0.4 is 14.8 Å². The van der Waals surface area contributed by atoms with Crippen LogP contribution >= 0.6 is 45.9 Å². The maximum absolute atomic E-state index is 12.4. The van der Waals surface area contributed by atoms with E-state index >= 15 is 0 Å². The van der Waals surface area contributed by atoms with Gasteiger partial charge in [0.25, 0.3) is 5.91 Å². The monoisotopic (exact) mass is 412 g/mol. The molecule has 0 fully saturated rings. The van der Waals surface area contributed by atoms with Crippen molar-refractivity contribution in [1.82, 2.24) is 4.98 Å². The van der Waals surface area contributed by atoms with Crippen LogP contribution in [-0.4, -0.2) is 24.1 Å². The third kappa shape index (κ3) is 3.46. The van der Waals surface area contributed by atoms with E-state index < -0.39 is 0 Å². The van der Waals surface area contributed by atoms with Crippen LogP contribution in [-0.2, 0) is 0 Å². The molecule has 3 heterocycles. The molecule has 3 aromatic rings. The van der Waals surface area contributed by atoms with Crippen LogP contribution in [0.3, 0.4) is 0 Å². The van der Waals surface area contributed by atoms with Crippen molar-refractivity contribution in [3.05, 3.63) is 43.9 Å². The summed E-state index contributed by atoms with van der Waals surface area (Å²) in [5, 5.41) is 5.08. The number of nitrogens with one attached hydrogen (secondary N) is 1. The first kappa shape index (κ1) is 16.7. The summed E-state index contributed by atoms with van der Waals surface area (Å²) in [5.41, 5.74) is 1.90. The number of halogens is 2. The molecule has 1 N–H and O–H groups in total. The van der Waals surface area contributed by atoms with Gasteiger partial charge < -0.3 is 9.47 Å². The van der Waals surface area contributed by atoms with Gasteiger partial charge in [0.15, 0.2) is 16.6 Å². The van der Waals surface area contributed by atoms with Gasteiger partial charge in [0, 0.05) is 16.5 Å².